The van der Waals surface area contributed by atoms with Gasteiger partial charge in [0.05, 0.1) is 0 Å². The van der Waals surface area contributed by atoms with E-state index >= 15 is 0 Å². The van der Waals surface area contributed by atoms with Gasteiger partial charge in [-0.15, -0.1) is 0 Å². The van der Waals surface area contributed by atoms with Crippen LogP contribution >= 0.6 is 22.6 Å². The Kier molecular flexibility index (Phi) is 4.26. The lowest BCUT2D eigenvalue weighted by Gasteiger charge is -2.04. The minimum atomic E-state index is -2.92. The highest BCUT2D eigenvalue weighted by atomic mass is 127. The molecule has 0 aromatic carbocycles. The molecule has 1 heterocycles. The average molecular weight is 358 g/mol. The molecule has 1 aromatic heterocycles. The fourth-order valence-electron chi connectivity index (χ4n) is 1.11. The molecule has 0 amide bonds. The molecule has 0 saturated carbocycles. The molecule has 0 radical (unpaired) electrons. The van der Waals surface area contributed by atoms with Crippen LogP contribution in [-0.4, -0.2) is 21.0 Å². The van der Waals surface area contributed by atoms with Crippen molar-refractivity contribution in [1.82, 2.24) is 4.98 Å². The van der Waals surface area contributed by atoms with Gasteiger partial charge >= 0.3 is 11.8 Å². The standard InChI is InChI=1S/C8H5F2IN2O4/c9-7(10)4-1-3(2-5(14)15)12-8(6(4)11)13(16)17/h1,7H,2H2,(H,14,15). The maximum absolute atomic E-state index is 12.6. The van der Waals surface area contributed by atoms with Gasteiger partial charge in [-0.25, -0.2) is 8.78 Å². The predicted octanol–water partition coefficient (Wildman–Crippen LogP) is 2.16. The van der Waals surface area contributed by atoms with Crippen molar-refractivity contribution in [2.75, 3.05) is 0 Å². The van der Waals surface area contributed by atoms with Crippen molar-refractivity contribution >= 4 is 34.4 Å². The topological polar surface area (TPSA) is 93.3 Å². The summed E-state index contributed by atoms with van der Waals surface area (Å²) in [6, 6.07) is 0.869. The van der Waals surface area contributed by atoms with Gasteiger partial charge in [0.2, 0.25) is 0 Å². The Labute approximate surface area is 107 Å². The SMILES string of the molecule is O=C(O)Cc1cc(C(F)F)c(I)c([N+](=O)[O-])n1. The van der Waals surface area contributed by atoms with Crippen molar-refractivity contribution in [1.29, 1.82) is 0 Å². The summed E-state index contributed by atoms with van der Waals surface area (Å²) in [6.45, 7) is 0. The number of halogens is 3. The largest absolute Gasteiger partial charge is 0.481 e. The van der Waals surface area contributed by atoms with Crippen molar-refractivity contribution < 1.29 is 23.6 Å². The summed E-state index contributed by atoms with van der Waals surface area (Å²) in [7, 11) is 0. The number of alkyl halides is 2. The Morgan fingerprint density at radius 1 is 1.65 bits per heavy atom. The van der Waals surface area contributed by atoms with Crippen molar-refractivity contribution in [2.45, 2.75) is 12.8 Å². The van der Waals surface area contributed by atoms with E-state index in [9.17, 15) is 23.7 Å². The number of aromatic nitrogens is 1. The van der Waals surface area contributed by atoms with Crippen LogP contribution in [0.1, 0.15) is 17.7 Å². The van der Waals surface area contributed by atoms with Crippen molar-refractivity contribution in [3.05, 3.63) is 31.0 Å². The number of nitrogens with zero attached hydrogens (tertiary/aromatic N) is 2. The normalized spacial score (nSPS) is 10.6. The third-order valence-corrected chi connectivity index (χ3v) is 2.87. The van der Waals surface area contributed by atoms with E-state index in [2.05, 4.69) is 4.98 Å². The lowest BCUT2D eigenvalue weighted by molar-refractivity contribution is -0.390. The second-order valence-electron chi connectivity index (χ2n) is 2.97. The summed E-state index contributed by atoms with van der Waals surface area (Å²) in [5, 5.41) is 19.1. The molecule has 1 rings (SSSR count). The number of hydrogen-bond donors (Lipinski definition) is 1. The van der Waals surface area contributed by atoms with Crippen LogP contribution in [0.5, 0.6) is 0 Å². The van der Waals surface area contributed by atoms with E-state index in [1.165, 1.54) is 22.6 Å². The number of pyridine rings is 1. The maximum atomic E-state index is 12.6. The molecule has 1 N–H and O–H groups in total. The van der Waals surface area contributed by atoms with Gasteiger partial charge in [0.15, 0.2) is 5.69 Å². The minimum Gasteiger partial charge on any atom is -0.481 e. The number of carboxylic acids is 1. The molecule has 17 heavy (non-hydrogen) atoms. The monoisotopic (exact) mass is 358 g/mol. The summed E-state index contributed by atoms with van der Waals surface area (Å²) >= 11 is 1.39. The van der Waals surface area contributed by atoms with Crippen LogP contribution in [0.25, 0.3) is 0 Å². The molecule has 0 aliphatic heterocycles. The smallest absolute Gasteiger partial charge is 0.377 e. The Bertz CT molecular complexity index is 481. The highest BCUT2D eigenvalue weighted by Gasteiger charge is 2.25. The van der Waals surface area contributed by atoms with Gasteiger partial charge in [-0.2, -0.15) is 0 Å². The first kappa shape index (κ1) is 13.7. The fraction of sp³-hybridized carbons (Fsp3) is 0.250. The summed E-state index contributed by atoms with van der Waals surface area (Å²) in [5.74, 6) is -2.05. The van der Waals surface area contributed by atoms with Crippen LogP contribution in [-0.2, 0) is 11.2 Å². The van der Waals surface area contributed by atoms with Gasteiger partial charge in [0, 0.05) is 5.56 Å². The van der Waals surface area contributed by atoms with Gasteiger partial charge in [-0.3, -0.25) is 4.79 Å². The lowest BCUT2D eigenvalue weighted by Crippen LogP contribution is -2.08. The number of rotatable bonds is 4. The molecule has 0 saturated heterocycles. The molecule has 1 aromatic rings. The molecule has 0 bridgehead atoms. The highest BCUT2D eigenvalue weighted by Crippen LogP contribution is 2.30. The summed E-state index contributed by atoms with van der Waals surface area (Å²) in [4.78, 5) is 23.5. The highest BCUT2D eigenvalue weighted by molar-refractivity contribution is 14.1. The van der Waals surface area contributed by atoms with E-state index in [-0.39, 0.29) is 9.26 Å². The van der Waals surface area contributed by atoms with Gasteiger partial charge in [-0.05, 0) is 38.6 Å². The van der Waals surface area contributed by atoms with E-state index in [1.807, 2.05) is 0 Å². The molecule has 0 aliphatic carbocycles. The lowest BCUT2D eigenvalue weighted by atomic mass is 10.2. The number of nitro groups is 1. The minimum absolute atomic E-state index is 0.264. The van der Waals surface area contributed by atoms with Crippen LogP contribution in [0.2, 0.25) is 0 Å². The zero-order chi connectivity index (χ0) is 13.2. The van der Waals surface area contributed by atoms with Crippen molar-refractivity contribution in [2.24, 2.45) is 0 Å². The van der Waals surface area contributed by atoms with E-state index in [0.29, 0.717) is 0 Å². The second kappa shape index (κ2) is 5.29. The second-order valence-corrected chi connectivity index (χ2v) is 4.05. The molecule has 6 nitrogen and oxygen atoms in total. The Morgan fingerprint density at radius 2 is 2.24 bits per heavy atom. The van der Waals surface area contributed by atoms with Gasteiger partial charge < -0.3 is 15.2 Å². The molecule has 0 atom stereocenters. The van der Waals surface area contributed by atoms with Crippen LogP contribution in [0.4, 0.5) is 14.6 Å². The van der Waals surface area contributed by atoms with Crippen molar-refractivity contribution in [3.8, 4) is 0 Å². The van der Waals surface area contributed by atoms with Crippen LogP contribution in [0, 0.1) is 13.7 Å². The molecule has 92 valence electrons. The van der Waals surface area contributed by atoms with Gasteiger partial charge in [0.1, 0.15) is 9.99 Å². The molecular formula is C8H5F2IN2O4. The van der Waals surface area contributed by atoms with E-state index in [4.69, 9.17) is 5.11 Å². The maximum Gasteiger partial charge on any atom is 0.377 e. The summed E-state index contributed by atoms with van der Waals surface area (Å²) in [5.41, 5.74) is -0.844. The third kappa shape index (κ3) is 3.28. The van der Waals surface area contributed by atoms with Crippen molar-refractivity contribution in [3.63, 3.8) is 0 Å². The number of carbonyl (C=O) groups is 1. The average Bonchev–Trinajstić information content (AvgIpc) is 2.18. The molecule has 0 spiro atoms. The first-order chi connectivity index (χ1) is 7.82. The predicted molar refractivity (Wildman–Crippen MR) is 59.9 cm³/mol. The van der Waals surface area contributed by atoms with Gasteiger partial charge in [0.25, 0.3) is 6.43 Å². The Hall–Kier alpha value is -1.39. The van der Waals surface area contributed by atoms with E-state index in [0.717, 1.165) is 6.07 Å². The van der Waals surface area contributed by atoms with E-state index in [1.54, 1.807) is 0 Å². The first-order valence-electron chi connectivity index (χ1n) is 4.16. The Balaban J connectivity index is 3.36. The number of hydrogen-bond acceptors (Lipinski definition) is 4. The summed E-state index contributed by atoms with van der Waals surface area (Å²) in [6.07, 6.45) is -3.56. The quantitative estimate of drug-likeness (QED) is 0.506. The van der Waals surface area contributed by atoms with Gasteiger partial charge in [-0.1, -0.05) is 0 Å². The fourth-order valence-corrected chi connectivity index (χ4v) is 1.82. The molecule has 0 fully saturated rings. The molecule has 0 unspecified atom stereocenters. The molecule has 0 aliphatic rings. The number of carboxylic acid groups (broad SMARTS) is 1. The zero-order valence-electron chi connectivity index (χ0n) is 8.06. The van der Waals surface area contributed by atoms with Crippen LogP contribution in [0.15, 0.2) is 6.07 Å². The molecular weight excluding hydrogens is 353 g/mol. The van der Waals surface area contributed by atoms with Crippen LogP contribution in [0.3, 0.4) is 0 Å². The zero-order valence-corrected chi connectivity index (χ0v) is 10.2. The van der Waals surface area contributed by atoms with E-state index < -0.39 is 35.1 Å². The van der Waals surface area contributed by atoms with Crippen LogP contribution < -0.4 is 0 Å². The molecule has 9 heteroatoms. The first-order valence-corrected chi connectivity index (χ1v) is 5.24. The number of aliphatic carboxylic acids is 1. The Morgan fingerprint density at radius 3 is 2.65 bits per heavy atom. The summed E-state index contributed by atoms with van der Waals surface area (Å²) < 4.78 is 24.9. The third-order valence-electron chi connectivity index (χ3n) is 1.76.